The Bertz CT molecular complexity index is 302. The average Bonchev–Trinajstić information content (AvgIpc) is 2.62. The Labute approximate surface area is 83.1 Å². The van der Waals surface area contributed by atoms with Gasteiger partial charge in [0.1, 0.15) is 5.76 Å². The second-order valence-electron chi connectivity index (χ2n) is 3.03. The fourth-order valence-electron chi connectivity index (χ4n) is 1.25. The SMILES string of the molecule is CCN(CC)Cc1ccc(C(=O)O)o1. The highest BCUT2D eigenvalue weighted by atomic mass is 16.4. The van der Waals surface area contributed by atoms with E-state index < -0.39 is 5.97 Å². The molecule has 0 amide bonds. The van der Waals surface area contributed by atoms with Gasteiger partial charge in [-0.2, -0.15) is 0 Å². The monoisotopic (exact) mass is 197 g/mol. The fourth-order valence-corrected chi connectivity index (χ4v) is 1.25. The quantitative estimate of drug-likeness (QED) is 0.782. The molecule has 1 heterocycles. The summed E-state index contributed by atoms with van der Waals surface area (Å²) in [7, 11) is 0. The summed E-state index contributed by atoms with van der Waals surface area (Å²) in [5.41, 5.74) is 0. The molecule has 0 aliphatic carbocycles. The number of carboxylic acids is 1. The van der Waals surface area contributed by atoms with Crippen molar-refractivity contribution in [3.8, 4) is 0 Å². The van der Waals surface area contributed by atoms with Crippen LogP contribution in [-0.4, -0.2) is 29.1 Å². The molecule has 0 aliphatic heterocycles. The van der Waals surface area contributed by atoms with E-state index in [0.29, 0.717) is 12.3 Å². The first-order chi connectivity index (χ1) is 6.67. The number of rotatable bonds is 5. The molecule has 0 aliphatic rings. The Balaban J connectivity index is 2.63. The zero-order chi connectivity index (χ0) is 10.6. The van der Waals surface area contributed by atoms with Crippen molar-refractivity contribution < 1.29 is 14.3 Å². The standard InChI is InChI=1S/C10H15NO3/c1-3-11(4-2)7-8-5-6-9(14-8)10(12)13/h5-6H,3-4,7H2,1-2H3,(H,12,13). The van der Waals surface area contributed by atoms with Gasteiger partial charge in [-0.25, -0.2) is 4.79 Å². The number of aromatic carboxylic acids is 1. The first-order valence-corrected chi connectivity index (χ1v) is 4.71. The summed E-state index contributed by atoms with van der Waals surface area (Å²) in [6.07, 6.45) is 0. The van der Waals surface area contributed by atoms with Gasteiger partial charge in [0.15, 0.2) is 0 Å². The van der Waals surface area contributed by atoms with Gasteiger partial charge in [-0.05, 0) is 25.2 Å². The van der Waals surface area contributed by atoms with Crippen molar-refractivity contribution in [1.82, 2.24) is 4.90 Å². The summed E-state index contributed by atoms with van der Waals surface area (Å²) >= 11 is 0. The highest BCUT2D eigenvalue weighted by molar-refractivity contribution is 5.84. The van der Waals surface area contributed by atoms with Crippen LogP contribution < -0.4 is 0 Å². The zero-order valence-corrected chi connectivity index (χ0v) is 8.49. The van der Waals surface area contributed by atoms with E-state index in [1.807, 2.05) is 0 Å². The lowest BCUT2D eigenvalue weighted by atomic mass is 10.4. The molecule has 0 atom stereocenters. The molecule has 0 saturated carbocycles. The van der Waals surface area contributed by atoms with Crippen LogP contribution in [0.2, 0.25) is 0 Å². The molecule has 0 unspecified atom stereocenters. The van der Waals surface area contributed by atoms with E-state index in [1.54, 1.807) is 6.07 Å². The van der Waals surface area contributed by atoms with E-state index in [4.69, 9.17) is 9.52 Å². The molecule has 14 heavy (non-hydrogen) atoms. The Morgan fingerprint density at radius 1 is 1.43 bits per heavy atom. The molecule has 1 rings (SSSR count). The van der Waals surface area contributed by atoms with Crippen LogP contribution in [0.4, 0.5) is 0 Å². The van der Waals surface area contributed by atoms with Gasteiger partial charge in [-0.1, -0.05) is 13.8 Å². The van der Waals surface area contributed by atoms with E-state index in [1.165, 1.54) is 6.07 Å². The Kier molecular flexibility index (Phi) is 3.71. The van der Waals surface area contributed by atoms with Gasteiger partial charge in [0.2, 0.25) is 5.76 Å². The maximum absolute atomic E-state index is 10.5. The second kappa shape index (κ2) is 4.81. The Morgan fingerprint density at radius 2 is 2.07 bits per heavy atom. The number of hydrogen-bond donors (Lipinski definition) is 1. The Morgan fingerprint density at radius 3 is 2.50 bits per heavy atom. The zero-order valence-electron chi connectivity index (χ0n) is 8.49. The average molecular weight is 197 g/mol. The van der Waals surface area contributed by atoms with Crippen LogP contribution in [0, 0.1) is 0 Å². The van der Waals surface area contributed by atoms with Gasteiger partial charge in [-0.3, -0.25) is 4.90 Å². The van der Waals surface area contributed by atoms with Crippen LogP contribution >= 0.6 is 0 Å². The Hall–Kier alpha value is -1.29. The first kappa shape index (κ1) is 10.8. The molecule has 0 bridgehead atoms. The number of hydrogen-bond acceptors (Lipinski definition) is 3. The smallest absolute Gasteiger partial charge is 0.371 e. The molecule has 4 heteroatoms. The van der Waals surface area contributed by atoms with Gasteiger partial charge < -0.3 is 9.52 Å². The molecule has 1 aromatic heterocycles. The second-order valence-corrected chi connectivity index (χ2v) is 3.03. The number of furan rings is 1. The topological polar surface area (TPSA) is 53.7 Å². The predicted molar refractivity (Wildman–Crippen MR) is 52.3 cm³/mol. The van der Waals surface area contributed by atoms with E-state index in [0.717, 1.165) is 13.1 Å². The first-order valence-electron chi connectivity index (χ1n) is 4.71. The largest absolute Gasteiger partial charge is 0.475 e. The van der Waals surface area contributed by atoms with Crippen LogP contribution in [0.3, 0.4) is 0 Å². The van der Waals surface area contributed by atoms with Gasteiger partial charge >= 0.3 is 5.97 Å². The predicted octanol–water partition coefficient (Wildman–Crippen LogP) is 1.82. The van der Waals surface area contributed by atoms with E-state index in [2.05, 4.69) is 18.7 Å². The fraction of sp³-hybridized carbons (Fsp3) is 0.500. The van der Waals surface area contributed by atoms with Crippen LogP contribution in [0.25, 0.3) is 0 Å². The summed E-state index contributed by atoms with van der Waals surface area (Å²) < 4.78 is 5.14. The van der Waals surface area contributed by atoms with Gasteiger partial charge in [-0.15, -0.1) is 0 Å². The van der Waals surface area contributed by atoms with Crippen molar-refractivity contribution >= 4 is 5.97 Å². The summed E-state index contributed by atoms with van der Waals surface area (Å²) in [6, 6.07) is 3.20. The van der Waals surface area contributed by atoms with E-state index in [9.17, 15) is 4.79 Å². The van der Waals surface area contributed by atoms with Crippen molar-refractivity contribution in [1.29, 1.82) is 0 Å². The summed E-state index contributed by atoms with van der Waals surface area (Å²) in [4.78, 5) is 12.7. The maximum Gasteiger partial charge on any atom is 0.371 e. The molecule has 0 aromatic carbocycles. The van der Waals surface area contributed by atoms with Gasteiger partial charge in [0, 0.05) is 0 Å². The minimum absolute atomic E-state index is 0.00663. The lowest BCUT2D eigenvalue weighted by Gasteiger charge is -2.15. The molecule has 4 nitrogen and oxygen atoms in total. The van der Waals surface area contributed by atoms with Crippen molar-refractivity contribution in [2.45, 2.75) is 20.4 Å². The number of carboxylic acid groups (broad SMARTS) is 1. The summed E-state index contributed by atoms with van der Waals surface area (Å²) in [5, 5.41) is 8.64. The molecule has 0 radical (unpaired) electrons. The van der Waals surface area contributed by atoms with E-state index in [-0.39, 0.29) is 5.76 Å². The minimum Gasteiger partial charge on any atom is -0.475 e. The molecular weight excluding hydrogens is 182 g/mol. The summed E-state index contributed by atoms with van der Waals surface area (Å²) in [5.74, 6) is -0.311. The third-order valence-corrected chi connectivity index (χ3v) is 2.15. The molecule has 78 valence electrons. The summed E-state index contributed by atoms with van der Waals surface area (Å²) in [6.45, 7) is 6.65. The van der Waals surface area contributed by atoms with Gasteiger partial charge in [0.05, 0.1) is 6.54 Å². The lowest BCUT2D eigenvalue weighted by molar-refractivity contribution is 0.0658. The molecular formula is C10H15NO3. The van der Waals surface area contributed by atoms with Crippen LogP contribution in [0.5, 0.6) is 0 Å². The highest BCUT2D eigenvalue weighted by Crippen LogP contribution is 2.10. The third kappa shape index (κ3) is 2.60. The molecule has 1 aromatic rings. The lowest BCUT2D eigenvalue weighted by Crippen LogP contribution is -2.21. The van der Waals surface area contributed by atoms with Crippen molar-refractivity contribution in [2.24, 2.45) is 0 Å². The number of carbonyl (C=O) groups is 1. The minimum atomic E-state index is -1.02. The van der Waals surface area contributed by atoms with Crippen LogP contribution in [-0.2, 0) is 6.54 Å². The van der Waals surface area contributed by atoms with E-state index >= 15 is 0 Å². The maximum atomic E-state index is 10.5. The normalized spacial score (nSPS) is 10.8. The number of nitrogens with zero attached hydrogens (tertiary/aromatic N) is 1. The molecule has 1 N–H and O–H groups in total. The molecule has 0 saturated heterocycles. The molecule has 0 fully saturated rings. The van der Waals surface area contributed by atoms with Gasteiger partial charge in [0.25, 0.3) is 0 Å². The van der Waals surface area contributed by atoms with Crippen LogP contribution in [0.15, 0.2) is 16.5 Å². The molecule has 0 spiro atoms. The van der Waals surface area contributed by atoms with Crippen molar-refractivity contribution in [3.63, 3.8) is 0 Å². The van der Waals surface area contributed by atoms with Crippen LogP contribution in [0.1, 0.15) is 30.2 Å². The van der Waals surface area contributed by atoms with Crippen molar-refractivity contribution in [3.05, 3.63) is 23.7 Å². The third-order valence-electron chi connectivity index (χ3n) is 2.15. The highest BCUT2D eigenvalue weighted by Gasteiger charge is 2.10. The van der Waals surface area contributed by atoms with Crippen molar-refractivity contribution in [2.75, 3.05) is 13.1 Å².